The van der Waals surface area contributed by atoms with Gasteiger partial charge in [-0.05, 0) is 31.5 Å². The minimum absolute atomic E-state index is 0.0418. The van der Waals surface area contributed by atoms with Crippen LogP contribution in [0.15, 0.2) is 28.2 Å². The summed E-state index contributed by atoms with van der Waals surface area (Å²) in [6, 6.07) is 7.26. The second kappa shape index (κ2) is 6.16. The molecule has 5 nitrogen and oxygen atoms in total. The van der Waals surface area contributed by atoms with E-state index in [2.05, 4.69) is 10.2 Å². The van der Waals surface area contributed by atoms with Crippen LogP contribution in [-0.4, -0.2) is 14.8 Å². The van der Waals surface area contributed by atoms with Crippen LogP contribution in [0.1, 0.15) is 31.0 Å². The third-order valence-corrected chi connectivity index (χ3v) is 4.08. The molecule has 0 aliphatic carbocycles. The van der Waals surface area contributed by atoms with Gasteiger partial charge in [-0.3, -0.25) is 4.57 Å². The second-order valence-corrected chi connectivity index (χ2v) is 5.83. The van der Waals surface area contributed by atoms with Crippen LogP contribution in [0.4, 0.5) is 0 Å². The molecule has 0 radical (unpaired) electrons. The van der Waals surface area contributed by atoms with E-state index in [4.69, 9.17) is 16.9 Å². The minimum atomic E-state index is -0.214. The molecule has 0 amide bonds. The van der Waals surface area contributed by atoms with Crippen molar-refractivity contribution in [3.05, 3.63) is 44.8 Å². The van der Waals surface area contributed by atoms with E-state index in [1.54, 1.807) is 16.7 Å². The molecule has 0 spiro atoms. The van der Waals surface area contributed by atoms with Gasteiger partial charge in [0.1, 0.15) is 0 Å². The number of nitrogens with zero attached hydrogens (tertiary/aromatic N) is 3. The number of nitrogens with one attached hydrogen (secondary N) is 1. The van der Waals surface area contributed by atoms with Crippen molar-refractivity contribution in [3.8, 4) is 6.07 Å². The summed E-state index contributed by atoms with van der Waals surface area (Å²) in [4.78, 5) is 11.6. The van der Waals surface area contributed by atoms with E-state index >= 15 is 0 Å². The molecule has 1 heterocycles. The Morgan fingerprint density at radius 2 is 2.30 bits per heavy atom. The molecule has 0 atom stereocenters. The van der Waals surface area contributed by atoms with Crippen LogP contribution in [0.25, 0.3) is 0 Å². The van der Waals surface area contributed by atoms with Crippen LogP contribution >= 0.6 is 23.4 Å². The van der Waals surface area contributed by atoms with Gasteiger partial charge in [0.15, 0.2) is 5.16 Å². The van der Waals surface area contributed by atoms with Crippen molar-refractivity contribution < 1.29 is 0 Å². The number of hydrogen-bond acceptors (Lipinski definition) is 4. The van der Waals surface area contributed by atoms with E-state index in [9.17, 15) is 4.79 Å². The van der Waals surface area contributed by atoms with Crippen molar-refractivity contribution in [1.29, 1.82) is 5.26 Å². The molecule has 1 aromatic carbocycles. The molecule has 0 aliphatic rings. The summed E-state index contributed by atoms with van der Waals surface area (Å²) in [5, 5.41) is 16.4. The fourth-order valence-corrected chi connectivity index (χ4v) is 3.13. The highest BCUT2D eigenvalue weighted by Crippen LogP contribution is 2.26. The highest BCUT2D eigenvalue weighted by molar-refractivity contribution is 7.98. The fourth-order valence-electron chi connectivity index (χ4n) is 1.72. The molecule has 0 fully saturated rings. The number of rotatable bonds is 4. The van der Waals surface area contributed by atoms with Crippen molar-refractivity contribution in [2.75, 3.05) is 0 Å². The number of thioether (sulfide) groups is 1. The molecule has 0 saturated carbocycles. The summed E-state index contributed by atoms with van der Waals surface area (Å²) in [5.41, 5.74) is 1.22. The van der Waals surface area contributed by atoms with Gasteiger partial charge in [0.2, 0.25) is 0 Å². The van der Waals surface area contributed by atoms with Crippen molar-refractivity contribution in [1.82, 2.24) is 14.8 Å². The predicted octanol–water partition coefficient (Wildman–Crippen LogP) is 2.97. The Morgan fingerprint density at radius 1 is 1.55 bits per heavy atom. The number of aromatic nitrogens is 3. The van der Waals surface area contributed by atoms with Crippen molar-refractivity contribution in [2.24, 2.45) is 0 Å². The lowest BCUT2D eigenvalue weighted by molar-refractivity contribution is 0.534. The van der Waals surface area contributed by atoms with Gasteiger partial charge in [-0.15, -0.1) is 5.10 Å². The van der Waals surface area contributed by atoms with Gasteiger partial charge in [-0.25, -0.2) is 9.89 Å². The SMILES string of the molecule is CC(C)n1c(SCc2ccc(C#N)cc2Cl)n[nH]c1=O. The normalized spacial score (nSPS) is 10.8. The monoisotopic (exact) mass is 308 g/mol. The van der Waals surface area contributed by atoms with E-state index < -0.39 is 0 Å². The molecule has 104 valence electrons. The Morgan fingerprint density at radius 3 is 2.90 bits per heavy atom. The predicted molar refractivity (Wildman–Crippen MR) is 79.0 cm³/mol. The third-order valence-electron chi connectivity index (χ3n) is 2.73. The van der Waals surface area contributed by atoms with Gasteiger partial charge in [0, 0.05) is 16.8 Å². The molecule has 0 aliphatic heterocycles. The lowest BCUT2D eigenvalue weighted by atomic mass is 10.2. The van der Waals surface area contributed by atoms with Crippen LogP contribution in [0.5, 0.6) is 0 Å². The quantitative estimate of drug-likeness (QED) is 0.881. The summed E-state index contributed by atoms with van der Waals surface area (Å²) in [5.74, 6) is 0.585. The first-order chi connectivity index (χ1) is 9.52. The first-order valence-electron chi connectivity index (χ1n) is 6.01. The Balaban J connectivity index is 2.18. The molecule has 20 heavy (non-hydrogen) atoms. The zero-order valence-electron chi connectivity index (χ0n) is 11.1. The van der Waals surface area contributed by atoms with Crippen LogP contribution in [0.2, 0.25) is 5.02 Å². The van der Waals surface area contributed by atoms with Gasteiger partial charge in [-0.2, -0.15) is 5.26 Å². The maximum atomic E-state index is 11.6. The van der Waals surface area contributed by atoms with Crippen molar-refractivity contribution >= 4 is 23.4 Å². The van der Waals surface area contributed by atoms with Crippen LogP contribution < -0.4 is 5.69 Å². The average Bonchev–Trinajstić information content (AvgIpc) is 2.78. The van der Waals surface area contributed by atoms with Crippen molar-refractivity contribution in [3.63, 3.8) is 0 Å². The highest BCUT2D eigenvalue weighted by Gasteiger charge is 2.12. The lowest BCUT2D eigenvalue weighted by Crippen LogP contribution is -2.19. The number of benzene rings is 1. The molecular formula is C13H13ClN4OS. The first kappa shape index (κ1) is 14.7. The molecular weight excluding hydrogens is 296 g/mol. The standard InChI is InChI=1S/C13H13ClN4OS/c1-8(2)18-12(19)16-17-13(18)20-7-10-4-3-9(6-15)5-11(10)14/h3-5,8H,7H2,1-2H3,(H,16,19). The maximum Gasteiger partial charge on any atom is 0.344 e. The maximum absolute atomic E-state index is 11.6. The average molecular weight is 309 g/mol. The van der Waals surface area contributed by atoms with E-state index in [0.29, 0.717) is 21.5 Å². The van der Waals surface area contributed by atoms with Gasteiger partial charge in [0.25, 0.3) is 0 Å². The number of hydrogen-bond donors (Lipinski definition) is 1. The van der Waals surface area contributed by atoms with Gasteiger partial charge < -0.3 is 0 Å². The van der Waals surface area contributed by atoms with Gasteiger partial charge in [0.05, 0.1) is 11.6 Å². The minimum Gasteiger partial charge on any atom is -0.268 e. The number of nitriles is 1. The van der Waals surface area contributed by atoms with Crippen LogP contribution in [0, 0.1) is 11.3 Å². The summed E-state index contributed by atoms with van der Waals surface area (Å²) < 4.78 is 1.60. The largest absolute Gasteiger partial charge is 0.344 e. The number of H-pyrrole nitrogens is 1. The molecule has 2 rings (SSSR count). The van der Waals surface area contributed by atoms with E-state index in [-0.39, 0.29) is 11.7 Å². The Kier molecular flexibility index (Phi) is 4.53. The van der Waals surface area contributed by atoms with E-state index in [0.717, 1.165) is 5.56 Å². The highest BCUT2D eigenvalue weighted by atomic mass is 35.5. The smallest absolute Gasteiger partial charge is 0.268 e. The van der Waals surface area contributed by atoms with Crippen LogP contribution in [-0.2, 0) is 5.75 Å². The van der Waals surface area contributed by atoms with Crippen LogP contribution in [0.3, 0.4) is 0 Å². The van der Waals surface area contributed by atoms with E-state index in [1.165, 1.54) is 11.8 Å². The fraction of sp³-hybridized carbons (Fsp3) is 0.308. The molecule has 0 saturated heterocycles. The molecule has 2 aromatic rings. The Hall–Kier alpha value is -1.71. The molecule has 0 bridgehead atoms. The van der Waals surface area contributed by atoms with Gasteiger partial charge in [-0.1, -0.05) is 29.4 Å². The third kappa shape index (κ3) is 3.06. The Bertz CT molecular complexity index is 714. The second-order valence-electron chi connectivity index (χ2n) is 4.48. The van der Waals surface area contributed by atoms with E-state index in [1.807, 2.05) is 26.0 Å². The summed E-state index contributed by atoms with van der Waals surface area (Å²) in [7, 11) is 0. The summed E-state index contributed by atoms with van der Waals surface area (Å²) in [6.07, 6.45) is 0. The molecule has 0 unspecified atom stereocenters. The zero-order chi connectivity index (χ0) is 14.7. The first-order valence-corrected chi connectivity index (χ1v) is 7.37. The molecule has 1 aromatic heterocycles. The zero-order valence-corrected chi connectivity index (χ0v) is 12.6. The number of halogens is 1. The Labute approximate surface area is 125 Å². The van der Waals surface area contributed by atoms with Gasteiger partial charge >= 0.3 is 5.69 Å². The van der Waals surface area contributed by atoms with Crippen molar-refractivity contribution in [2.45, 2.75) is 30.8 Å². The summed E-state index contributed by atoms with van der Waals surface area (Å²) in [6.45, 7) is 3.85. The molecule has 7 heteroatoms. The summed E-state index contributed by atoms with van der Waals surface area (Å²) >= 11 is 7.55. The molecule has 1 N–H and O–H groups in total. The lowest BCUT2D eigenvalue weighted by Gasteiger charge is -2.09. The topological polar surface area (TPSA) is 74.5 Å². The number of aromatic amines is 1.